The van der Waals surface area contributed by atoms with Crippen LogP contribution in [0.15, 0.2) is 23.1 Å². The van der Waals surface area contributed by atoms with Crippen molar-refractivity contribution in [1.29, 1.82) is 0 Å². The van der Waals surface area contributed by atoms with Crippen LogP contribution >= 0.6 is 10.7 Å². The zero-order valence-corrected chi connectivity index (χ0v) is 10.4. The Bertz CT molecular complexity index is 613. The smallest absolute Gasteiger partial charge is 0.258 e. The molecule has 1 aromatic carbocycles. The van der Waals surface area contributed by atoms with Crippen LogP contribution < -0.4 is 0 Å². The highest BCUT2D eigenvalue weighted by molar-refractivity contribution is 8.13. The van der Waals surface area contributed by atoms with Crippen molar-refractivity contribution >= 4 is 25.4 Å². The van der Waals surface area contributed by atoms with Crippen molar-refractivity contribution < 1.29 is 13.3 Å². The largest absolute Gasteiger partial charge is 0.286 e. The molecule has 7 heteroatoms. The summed E-state index contributed by atoms with van der Waals surface area (Å²) < 4.78 is 22.5. The third-order valence-corrected chi connectivity index (χ3v) is 3.22. The highest BCUT2D eigenvalue weighted by atomic mass is 35.7. The van der Waals surface area contributed by atoms with Gasteiger partial charge in [-0.25, -0.2) is 8.42 Å². The van der Waals surface area contributed by atoms with Crippen molar-refractivity contribution in [3.05, 3.63) is 33.9 Å². The van der Waals surface area contributed by atoms with Gasteiger partial charge in [0.1, 0.15) is 10.5 Å². The van der Waals surface area contributed by atoms with Crippen LogP contribution in [0, 0.1) is 22.0 Å². The molecule has 0 amide bonds. The second kappa shape index (κ2) is 5.17. The predicted octanol–water partition coefficient (Wildman–Crippen LogP) is 2.28. The van der Waals surface area contributed by atoms with Gasteiger partial charge in [0.15, 0.2) is 0 Å². The summed E-state index contributed by atoms with van der Waals surface area (Å²) in [5.41, 5.74) is -0.540. The van der Waals surface area contributed by atoms with Gasteiger partial charge < -0.3 is 0 Å². The van der Waals surface area contributed by atoms with Gasteiger partial charge in [-0.2, -0.15) is 0 Å². The topological polar surface area (TPSA) is 77.3 Å². The van der Waals surface area contributed by atoms with Crippen LogP contribution in [-0.4, -0.2) is 13.3 Å². The lowest BCUT2D eigenvalue weighted by atomic mass is 10.2. The summed E-state index contributed by atoms with van der Waals surface area (Å²) in [5, 5.41) is 10.8. The highest BCUT2D eigenvalue weighted by Gasteiger charge is 2.22. The van der Waals surface area contributed by atoms with Crippen LogP contribution in [0.3, 0.4) is 0 Å². The van der Waals surface area contributed by atoms with Gasteiger partial charge in [0.2, 0.25) is 0 Å². The van der Waals surface area contributed by atoms with E-state index >= 15 is 0 Å². The summed E-state index contributed by atoms with van der Waals surface area (Å²) in [7, 11) is 1.15. The fourth-order valence-electron chi connectivity index (χ4n) is 1.18. The van der Waals surface area contributed by atoms with Gasteiger partial charge in [0, 0.05) is 23.2 Å². The molecule has 0 aliphatic rings. The Kier molecular flexibility index (Phi) is 4.10. The Hall–Kier alpha value is -1.58. The standard InChI is InChI=1S/C10H8ClNO4S/c1-2-3-5-8-9(12(13)14)6-4-7-10(8)17(11,15)16/h4,6-7H,2H2,1H3. The average molecular weight is 274 g/mol. The lowest BCUT2D eigenvalue weighted by molar-refractivity contribution is -0.385. The third kappa shape index (κ3) is 3.19. The molecule has 0 atom stereocenters. The molecular weight excluding hydrogens is 266 g/mol. The monoisotopic (exact) mass is 273 g/mol. The van der Waals surface area contributed by atoms with Crippen molar-refractivity contribution in [2.45, 2.75) is 18.2 Å². The van der Waals surface area contributed by atoms with E-state index in [1.165, 1.54) is 18.2 Å². The molecule has 0 unspecified atom stereocenters. The fraction of sp³-hybridized carbons (Fsp3) is 0.200. The summed E-state index contributed by atoms with van der Waals surface area (Å²) in [6.45, 7) is 1.75. The van der Waals surface area contributed by atoms with Gasteiger partial charge in [-0.1, -0.05) is 24.8 Å². The maximum atomic E-state index is 11.3. The van der Waals surface area contributed by atoms with E-state index in [2.05, 4.69) is 11.8 Å². The van der Waals surface area contributed by atoms with Crippen LogP contribution in [0.25, 0.3) is 0 Å². The number of benzene rings is 1. The highest BCUT2D eigenvalue weighted by Crippen LogP contribution is 2.27. The fourth-order valence-corrected chi connectivity index (χ4v) is 2.20. The molecule has 0 aliphatic carbocycles. The number of nitro benzene ring substituents is 1. The minimum absolute atomic E-state index is 0.172. The molecule has 0 saturated carbocycles. The summed E-state index contributed by atoms with van der Waals surface area (Å²) >= 11 is 0. The molecule has 0 heterocycles. The minimum atomic E-state index is -4.05. The zero-order chi connectivity index (χ0) is 13.1. The van der Waals surface area contributed by atoms with Gasteiger partial charge in [-0.05, 0) is 6.07 Å². The quantitative estimate of drug-likeness (QED) is 0.358. The minimum Gasteiger partial charge on any atom is -0.258 e. The Morgan fingerprint density at radius 3 is 2.59 bits per heavy atom. The van der Waals surface area contributed by atoms with Crippen LogP contribution in [-0.2, 0) is 9.05 Å². The average Bonchev–Trinajstić information content (AvgIpc) is 2.24. The van der Waals surface area contributed by atoms with Crippen LogP contribution in [0.2, 0.25) is 0 Å². The third-order valence-electron chi connectivity index (χ3n) is 1.85. The number of nitro groups is 1. The molecular formula is C10H8ClNO4S. The van der Waals surface area contributed by atoms with Gasteiger partial charge >= 0.3 is 0 Å². The lowest BCUT2D eigenvalue weighted by Gasteiger charge is -2.01. The lowest BCUT2D eigenvalue weighted by Crippen LogP contribution is -2.00. The number of halogens is 1. The van der Waals surface area contributed by atoms with Crippen molar-refractivity contribution in [3.63, 3.8) is 0 Å². The van der Waals surface area contributed by atoms with Gasteiger partial charge in [0.25, 0.3) is 14.7 Å². The summed E-state index contributed by atoms with van der Waals surface area (Å²) in [6, 6.07) is 3.63. The van der Waals surface area contributed by atoms with Crippen molar-refractivity contribution in [2.75, 3.05) is 0 Å². The molecule has 90 valence electrons. The zero-order valence-electron chi connectivity index (χ0n) is 8.81. The summed E-state index contributed by atoms with van der Waals surface area (Å²) in [4.78, 5) is 9.74. The van der Waals surface area contributed by atoms with E-state index in [9.17, 15) is 18.5 Å². The van der Waals surface area contributed by atoms with Gasteiger partial charge in [-0.15, -0.1) is 0 Å². The molecule has 17 heavy (non-hydrogen) atoms. The van der Waals surface area contributed by atoms with Crippen molar-refractivity contribution in [1.82, 2.24) is 0 Å². The Morgan fingerprint density at radius 1 is 1.47 bits per heavy atom. The SMILES string of the molecule is CCC#Cc1c([N+](=O)[O-])cccc1S(=O)(=O)Cl. The van der Waals surface area contributed by atoms with Crippen LogP contribution in [0.1, 0.15) is 18.9 Å². The number of rotatable bonds is 2. The molecule has 0 N–H and O–H groups in total. The molecule has 5 nitrogen and oxygen atoms in total. The van der Waals surface area contributed by atoms with Crippen molar-refractivity contribution in [2.24, 2.45) is 0 Å². The van der Waals surface area contributed by atoms with E-state index < -0.39 is 14.0 Å². The van der Waals surface area contributed by atoms with Gasteiger partial charge in [-0.3, -0.25) is 10.1 Å². The molecule has 0 radical (unpaired) electrons. The molecule has 0 spiro atoms. The first kappa shape index (κ1) is 13.5. The van der Waals surface area contributed by atoms with E-state index in [0.717, 1.165) is 0 Å². The van der Waals surface area contributed by atoms with E-state index in [4.69, 9.17) is 10.7 Å². The first-order valence-corrected chi connectivity index (χ1v) is 6.89. The van der Waals surface area contributed by atoms with E-state index in [0.29, 0.717) is 6.42 Å². The maximum absolute atomic E-state index is 11.3. The predicted molar refractivity (Wildman–Crippen MR) is 63.3 cm³/mol. The second-order valence-electron chi connectivity index (χ2n) is 3.00. The molecule has 1 rings (SSSR count). The van der Waals surface area contributed by atoms with Gasteiger partial charge in [0.05, 0.1) is 4.92 Å². The summed E-state index contributed by atoms with van der Waals surface area (Å²) in [5.74, 6) is 5.06. The molecule has 0 saturated heterocycles. The number of hydrogen-bond donors (Lipinski definition) is 0. The van der Waals surface area contributed by atoms with Crippen LogP contribution in [0.5, 0.6) is 0 Å². The number of nitrogens with zero attached hydrogens (tertiary/aromatic N) is 1. The first-order chi connectivity index (χ1) is 7.88. The molecule has 0 fully saturated rings. The van der Waals surface area contributed by atoms with E-state index in [-0.39, 0.29) is 16.1 Å². The van der Waals surface area contributed by atoms with E-state index in [1.54, 1.807) is 6.92 Å². The Balaban J connectivity index is 3.63. The van der Waals surface area contributed by atoms with E-state index in [1.807, 2.05) is 0 Å². The van der Waals surface area contributed by atoms with Crippen molar-refractivity contribution in [3.8, 4) is 11.8 Å². The molecule has 0 bridgehead atoms. The molecule has 0 aromatic heterocycles. The normalized spacial score (nSPS) is 10.5. The van der Waals surface area contributed by atoms with Crippen LogP contribution in [0.4, 0.5) is 5.69 Å². The maximum Gasteiger partial charge on any atom is 0.286 e. The number of hydrogen-bond acceptors (Lipinski definition) is 4. The summed E-state index contributed by atoms with van der Waals surface area (Å²) in [6.07, 6.45) is 0.452. The Labute approximate surface area is 103 Å². The Morgan fingerprint density at radius 2 is 2.12 bits per heavy atom. The molecule has 0 aliphatic heterocycles. The molecule has 1 aromatic rings. The second-order valence-corrected chi connectivity index (χ2v) is 5.53. The first-order valence-electron chi connectivity index (χ1n) is 4.59.